The van der Waals surface area contributed by atoms with E-state index in [9.17, 15) is 9.59 Å². The Bertz CT molecular complexity index is 496. The van der Waals surface area contributed by atoms with E-state index in [1.54, 1.807) is 6.92 Å². The maximum Gasteiger partial charge on any atom is 0.330 e. The summed E-state index contributed by atoms with van der Waals surface area (Å²) in [6, 6.07) is 0. The van der Waals surface area contributed by atoms with Crippen molar-refractivity contribution in [2.24, 2.45) is 16.7 Å². The van der Waals surface area contributed by atoms with Gasteiger partial charge in [-0.25, -0.2) is 9.59 Å². The van der Waals surface area contributed by atoms with Crippen molar-refractivity contribution in [1.29, 1.82) is 0 Å². The van der Waals surface area contributed by atoms with E-state index in [0.717, 1.165) is 12.5 Å². The minimum atomic E-state index is -0.503. The Balaban J connectivity index is 0.000000277. The summed E-state index contributed by atoms with van der Waals surface area (Å²) in [6.45, 7) is 15.0. The van der Waals surface area contributed by atoms with E-state index in [1.807, 2.05) is 0 Å². The number of hydrogen-bond acceptors (Lipinski definition) is 5. The van der Waals surface area contributed by atoms with E-state index < -0.39 is 12.1 Å². The zero-order valence-electron chi connectivity index (χ0n) is 15.2. The molecule has 2 rings (SSSR count). The molecule has 2 unspecified atom stereocenters. The third kappa shape index (κ3) is 4.07. The topological polar surface area (TPSA) is 72.8 Å². The van der Waals surface area contributed by atoms with Gasteiger partial charge in [0.05, 0.1) is 6.61 Å². The fourth-order valence-corrected chi connectivity index (χ4v) is 3.78. The average molecular weight is 338 g/mol. The van der Waals surface area contributed by atoms with Crippen molar-refractivity contribution in [2.45, 2.75) is 59.2 Å². The molecule has 0 aromatic carbocycles. The Labute approximate surface area is 144 Å². The van der Waals surface area contributed by atoms with Gasteiger partial charge in [0.25, 0.3) is 0 Å². The molecule has 0 heterocycles. The second kappa shape index (κ2) is 7.97. The second-order valence-corrected chi connectivity index (χ2v) is 7.37. The molecule has 0 saturated heterocycles. The first-order valence-electron chi connectivity index (χ1n) is 8.39. The Morgan fingerprint density at radius 1 is 1.25 bits per heavy atom. The third-order valence-corrected chi connectivity index (χ3v) is 5.88. The van der Waals surface area contributed by atoms with Crippen molar-refractivity contribution in [1.82, 2.24) is 0 Å². The van der Waals surface area contributed by atoms with Crippen molar-refractivity contribution < 1.29 is 24.2 Å². The molecule has 0 spiro atoms. The van der Waals surface area contributed by atoms with Gasteiger partial charge in [0.1, 0.15) is 12.2 Å². The highest BCUT2D eigenvalue weighted by atomic mass is 16.6. The van der Waals surface area contributed by atoms with Gasteiger partial charge in [-0.15, -0.1) is 0 Å². The van der Waals surface area contributed by atoms with Gasteiger partial charge in [0.2, 0.25) is 0 Å². The van der Waals surface area contributed by atoms with E-state index in [1.165, 1.54) is 18.9 Å². The van der Waals surface area contributed by atoms with Crippen molar-refractivity contribution in [2.75, 3.05) is 6.61 Å². The van der Waals surface area contributed by atoms with Crippen molar-refractivity contribution >= 4 is 11.9 Å². The molecule has 24 heavy (non-hydrogen) atoms. The van der Waals surface area contributed by atoms with Gasteiger partial charge >= 0.3 is 11.9 Å². The normalized spacial score (nSPS) is 30.5. The molecule has 0 aromatic rings. The average Bonchev–Trinajstić information content (AvgIpc) is 2.88. The van der Waals surface area contributed by atoms with Crippen LogP contribution in [0.4, 0.5) is 0 Å². The number of aliphatic hydroxyl groups excluding tert-OH is 1. The van der Waals surface area contributed by atoms with Gasteiger partial charge in [-0.2, -0.15) is 0 Å². The fraction of sp³-hybridized carbons (Fsp3) is 0.684. The zero-order chi connectivity index (χ0) is 18.5. The molecule has 2 bridgehead atoms. The largest absolute Gasteiger partial charge is 0.459 e. The summed E-state index contributed by atoms with van der Waals surface area (Å²) in [5.74, 6) is -0.0637. The monoisotopic (exact) mass is 338 g/mol. The van der Waals surface area contributed by atoms with Crippen LogP contribution in [0.5, 0.6) is 0 Å². The molecule has 0 aromatic heterocycles. The highest BCUT2D eigenvalue weighted by Crippen LogP contribution is 2.66. The highest BCUT2D eigenvalue weighted by molar-refractivity contribution is 5.81. The van der Waals surface area contributed by atoms with Crippen LogP contribution in [0.3, 0.4) is 0 Å². The lowest BCUT2D eigenvalue weighted by molar-refractivity contribution is -0.150. The molecule has 0 amide bonds. The Morgan fingerprint density at radius 2 is 1.83 bits per heavy atom. The quantitative estimate of drug-likeness (QED) is 0.616. The number of esters is 2. The molecule has 2 aliphatic rings. The minimum Gasteiger partial charge on any atom is -0.459 e. The van der Waals surface area contributed by atoms with Gasteiger partial charge in [0.15, 0.2) is 0 Å². The molecule has 0 radical (unpaired) electrons. The first kappa shape index (κ1) is 20.4. The lowest BCUT2D eigenvalue weighted by Gasteiger charge is -2.38. The van der Waals surface area contributed by atoms with E-state index in [0.29, 0.717) is 11.3 Å². The van der Waals surface area contributed by atoms with Gasteiger partial charge < -0.3 is 14.6 Å². The Morgan fingerprint density at radius 3 is 2.21 bits per heavy atom. The second-order valence-electron chi connectivity index (χ2n) is 7.37. The number of aliphatic hydroxyl groups is 1. The summed E-state index contributed by atoms with van der Waals surface area (Å²) < 4.78 is 10.0. The van der Waals surface area contributed by atoms with Crippen molar-refractivity contribution in [3.8, 4) is 0 Å². The number of ether oxygens (including phenoxy) is 2. The van der Waals surface area contributed by atoms with E-state index in [4.69, 9.17) is 9.84 Å². The Hall–Kier alpha value is -1.62. The predicted octanol–water partition coefficient (Wildman–Crippen LogP) is 3.03. The van der Waals surface area contributed by atoms with Gasteiger partial charge in [-0.3, -0.25) is 0 Å². The molecule has 5 heteroatoms. The van der Waals surface area contributed by atoms with Crippen LogP contribution in [-0.2, 0) is 19.1 Å². The number of carbonyl (C=O) groups excluding carboxylic acids is 2. The molecule has 1 N–H and O–H groups in total. The summed E-state index contributed by atoms with van der Waals surface area (Å²) in [5, 5.41) is 8.37. The van der Waals surface area contributed by atoms with Gasteiger partial charge in [-0.05, 0) is 37.5 Å². The molecule has 2 aliphatic carbocycles. The van der Waals surface area contributed by atoms with Crippen LogP contribution < -0.4 is 0 Å². The predicted molar refractivity (Wildman–Crippen MR) is 92.1 cm³/mol. The molecular formula is C19H30O5. The Kier molecular flexibility index (Phi) is 6.78. The fourth-order valence-electron chi connectivity index (χ4n) is 3.78. The van der Waals surface area contributed by atoms with Crippen molar-refractivity contribution in [3.63, 3.8) is 0 Å². The van der Waals surface area contributed by atoms with E-state index in [-0.39, 0.29) is 24.1 Å². The molecule has 136 valence electrons. The maximum atomic E-state index is 11.3. The van der Waals surface area contributed by atoms with Crippen LogP contribution in [0, 0.1) is 16.7 Å². The molecule has 5 nitrogen and oxygen atoms in total. The van der Waals surface area contributed by atoms with Crippen LogP contribution in [0.1, 0.15) is 47.0 Å². The smallest absolute Gasteiger partial charge is 0.330 e. The van der Waals surface area contributed by atoms with Crippen LogP contribution in [0.25, 0.3) is 0 Å². The maximum absolute atomic E-state index is 11.3. The van der Waals surface area contributed by atoms with Crippen LogP contribution in [0.15, 0.2) is 25.3 Å². The zero-order valence-corrected chi connectivity index (χ0v) is 15.2. The molecule has 0 aliphatic heterocycles. The number of rotatable bonds is 5. The number of hydrogen-bond donors (Lipinski definition) is 1. The minimum absolute atomic E-state index is 0.0942. The van der Waals surface area contributed by atoms with E-state index >= 15 is 0 Å². The van der Waals surface area contributed by atoms with Gasteiger partial charge in [-0.1, -0.05) is 33.9 Å². The molecule has 2 saturated carbocycles. The number of carbonyl (C=O) groups is 2. The lowest BCUT2D eigenvalue weighted by Crippen LogP contribution is -2.38. The highest BCUT2D eigenvalue weighted by Gasteiger charge is 2.62. The van der Waals surface area contributed by atoms with E-state index in [2.05, 4.69) is 38.7 Å². The van der Waals surface area contributed by atoms with Crippen molar-refractivity contribution in [3.05, 3.63) is 25.3 Å². The standard InChI is InChI=1S/C13H20O2.C6H10O3/c1-5-11(14)15-10-8-9-6-7-13(10,4)12(9,2)3;1-3-6(8)9-5(2)4-7/h5,9-10H,1,6-8H2,2-4H3;3,5,7H,1,4H2,2H3/t9-,10?,13-;/m1./s1. The SMILES string of the molecule is C=CC(=O)OC(C)CO.C=CC(=O)OC1C[C@H]2CC[C@@]1(C)C2(C)C. The first-order chi connectivity index (χ1) is 11.1. The third-order valence-electron chi connectivity index (χ3n) is 5.88. The first-order valence-corrected chi connectivity index (χ1v) is 8.39. The van der Waals surface area contributed by atoms with Crippen LogP contribution in [-0.4, -0.2) is 35.9 Å². The summed E-state index contributed by atoms with van der Waals surface area (Å²) >= 11 is 0. The summed E-state index contributed by atoms with van der Waals surface area (Å²) in [5.41, 5.74) is 0.468. The molecule has 2 fully saturated rings. The summed E-state index contributed by atoms with van der Waals surface area (Å²) in [6.07, 6.45) is 5.48. The molecule has 4 atom stereocenters. The van der Waals surface area contributed by atoms with Crippen LogP contribution >= 0.6 is 0 Å². The summed E-state index contributed by atoms with van der Waals surface area (Å²) in [7, 11) is 0. The lowest BCUT2D eigenvalue weighted by atomic mass is 9.70. The summed E-state index contributed by atoms with van der Waals surface area (Å²) in [4.78, 5) is 21.6. The molecular weight excluding hydrogens is 308 g/mol. The number of fused-ring (bicyclic) bond motifs is 2. The van der Waals surface area contributed by atoms with Crippen LogP contribution in [0.2, 0.25) is 0 Å². The van der Waals surface area contributed by atoms with Gasteiger partial charge in [0, 0.05) is 17.6 Å².